The topological polar surface area (TPSA) is 8.17 Å². The SMILES string of the molecule is CC1(C)c2ccccc2-c2cc(-c3cc4c5c6c3c3ccccc3n6-c3ccccc3B5N(c3ccccc3)c3cc5c(cc3-4)C(C)(C)c3ccccc3-5)ccc21. The summed E-state index contributed by atoms with van der Waals surface area (Å²) < 4.78 is 2.59. The van der Waals surface area contributed by atoms with Gasteiger partial charge in [-0.3, -0.25) is 0 Å². The van der Waals surface area contributed by atoms with Crippen LogP contribution in [0.4, 0.5) is 11.4 Å². The third-order valence-corrected chi connectivity index (χ3v) is 14.2. The monoisotopic (exact) mass is 726 g/mol. The van der Waals surface area contributed by atoms with Crippen LogP contribution in [-0.2, 0) is 10.8 Å². The number of fused-ring (bicyclic) bond motifs is 14. The molecule has 0 unspecified atom stereocenters. The van der Waals surface area contributed by atoms with Crippen molar-refractivity contribution >= 4 is 51.0 Å². The largest absolute Gasteiger partial charge is 0.376 e. The van der Waals surface area contributed by atoms with Crippen molar-refractivity contribution in [2.75, 3.05) is 4.81 Å². The summed E-state index contributed by atoms with van der Waals surface area (Å²) in [6, 6.07) is 62.4. The summed E-state index contributed by atoms with van der Waals surface area (Å²) in [5.74, 6) is 0. The summed E-state index contributed by atoms with van der Waals surface area (Å²) in [5.41, 5.74) is 25.1. The second-order valence-corrected chi connectivity index (χ2v) is 17.6. The third kappa shape index (κ3) is 3.83. The van der Waals surface area contributed by atoms with Crippen LogP contribution >= 0.6 is 0 Å². The predicted octanol–water partition coefficient (Wildman–Crippen LogP) is 12.3. The van der Waals surface area contributed by atoms with E-state index in [-0.39, 0.29) is 17.7 Å². The van der Waals surface area contributed by atoms with E-state index in [1.54, 1.807) is 0 Å². The number of nitrogens with zero attached hydrogens (tertiary/aromatic N) is 2. The molecule has 57 heavy (non-hydrogen) atoms. The number of rotatable bonds is 2. The summed E-state index contributed by atoms with van der Waals surface area (Å²) in [6.07, 6.45) is 0. The van der Waals surface area contributed by atoms with Gasteiger partial charge in [-0.25, -0.2) is 0 Å². The van der Waals surface area contributed by atoms with E-state index in [1.165, 1.54) is 117 Å². The molecule has 0 fully saturated rings. The molecule has 0 bridgehead atoms. The Morgan fingerprint density at radius 1 is 0.439 bits per heavy atom. The van der Waals surface area contributed by atoms with Crippen LogP contribution in [-0.4, -0.2) is 11.4 Å². The highest BCUT2D eigenvalue weighted by Crippen LogP contribution is 2.56. The lowest BCUT2D eigenvalue weighted by atomic mass is 9.43. The quantitative estimate of drug-likeness (QED) is 0.161. The Morgan fingerprint density at radius 2 is 1.07 bits per heavy atom. The van der Waals surface area contributed by atoms with E-state index < -0.39 is 0 Å². The molecule has 1 aromatic heterocycles. The number of hydrogen-bond donors (Lipinski definition) is 0. The van der Waals surface area contributed by atoms with Crippen LogP contribution in [0.15, 0.2) is 164 Å². The molecular weight excluding hydrogens is 687 g/mol. The van der Waals surface area contributed by atoms with Crippen molar-refractivity contribution in [2.24, 2.45) is 0 Å². The minimum atomic E-state index is -0.124. The molecule has 0 N–H and O–H groups in total. The Labute approximate surface area is 333 Å². The number of hydrogen-bond acceptors (Lipinski definition) is 1. The first kappa shape index (κ1) is 31.6. The highest BCUT2D eigenvalue weighted by atomic mass is 15.1. The molecule has 0 amide bonds. The molecule has 0 atom stereocenters. The minimum Gasteiger partial charge on any atom is -0.376 e. The van der Waals surface area contributed by atoms with Gasteiger partial charge in [-0.15, -0.1) is 0 Å². The van der Waals surface area contributed by atoms with Gasteiger partial charge in [0.15, 0.2) is 0 Å². The summed E-state index contributed by atoms with van der Waals surface area (Å²) in [5, 5.41) is 2.63. The molecule has 9 aromatic rings. The lowest BCUT2D eigenvalue weighted by Gasteiger charge is -2.42. The molecule has 2 nitrogen and oxygen atoms in total. The Balaban J connectivity index is 1.20. The van der Waals surface area contributed by atoms with Gasteiger partial charge in [-0.05, 0) is 121 Å². The van der Waals surface area contributed by atoms with Crippen molar-refractivity contribution in [3.8, 4) is 50.2 Å². The van der Waals surface area contributed by atoms with Crippen molar-refractivity contribution < 1.29 is 0 Å². The summed E-state index contributed by atoms with van der Waals surface area (Å²) in [4.78, 5) is 2.65. The van der Waals surface area contributed by atoms with Gasteiger partial charge in [0.1, 0.15) is 0 Å². The Hall–Kier alpha value is -6.58. The first-order valence-corrected chi connectivity index (χ1v) is 20.4. The van der Waals surface area contributed by atoms with Crippen molar-refractivity contribution in [2.45, 2.75) is 38.5 Å². The molecule has 13 rings (SSSR count). The van der Waals surface area contributed by atoms with Crippen molar-refractivity contribution in [3.05, 3.63) is 186 Å². The molecule has 3 heterocycles. The van der Waals surface area contributed by atoms with E-state index in [2.05, 4.69) is 201 Å². The molecule has 3 heteroatoms. The van der Waals surface area contributed by atoms with Crippen LogP contribution in [0.1, 0.15) is 49.9 Å². The maximum absolute atomic E-state index is 2.65. The van der Waals surface area contributed by atoms with E-state index in [9.17, 15) is 0 Å². The normalized spacial score (nSPS) is 15.6. The Morgan fingerprint density at radius 3 is 1.86 bits per heavy atom. The predicted molar refractivity (Wildman–Crippen MR) is 240 cm³/mol. The fraction of sp³-hybridized carbons (Fsp3) is 0.111. The van der Waals surface area contributed by atoms with E-state index in [0.29, 0.717) is 0 Å². The smallest absolute Gasteiger partial charge is 0.333 e. The molecule has 0 spiro atoms. The highest BCUT2D eigenvalue weighted by molar-refractivity contribution is 6.93. The molecule has 8 aromatic carbocycles. The van der Waals surface area contributed by atoms with Crippen LogP contribution in [0, 0.1) is 0 Å². The second-order valence-electron chi connectivity index (χ2n) is 17.6. The van der Waals surface area contributed by atoms with Gasteiger partial charge >= 0.3 is 6.85 Å². The number of para-hydroxylation sites is 3. The fourth-order valence-electron chi connectivity index (χ4n) is 11.6. The molecule has 0 saturated heterocycles. The maximum Gasteiger partial charge on any atom is 0.333 e. The van der Waals surface area contributed by atoms with Gasteiger partial charge in [-0.2, -0.15) is 0 Å². The van der Waals surface area contributed by atoms with Gasteiger partial charge in [-0.1, -0.05) is 143 Å². The minimum absolute atomic E-state index is 0.0186. The maximum atomic E-state index is 2.65. The van der Waals surface area contributed by atoms with E-state index in [4.69, 9.17) is 0 Å². The summed E-state index contributed by atoms with van der Waals surface area (Å²) in [6.45, 7) is 9.54. The zero-order valence-corrected chi connectivity index (χ0v) is 32.6. The van der Waals surface area contributed by atoms with E-state index >= 15 is 0 Å². The molecule has 0 radical (unpaired) electrons. The average Bonchev–Trinajstić information content (AvgIpc) is 3.80. The lowest BCUT2D eigenvalue weighted by molar-refractivity contribution is 0.660. The number of anilines is 2. The van der Waals surface area contributed by atoms with Crippen molar-refractivity contribution in [1.82, 2.24) is 4.57 Å². The van der Waals surface area contributed by atoms with Crippen LogP contribution in [0.2, 0.25) is 0 Å². The van der Waals surface area contributed by atoms with Crippen molar-refractivity contribution in [1.29, 1.82) is 0 Å². The molecular formula is C54H39BN2. The third-order valence-electron chi connectivity index (χ3n) is 14.2. The number of benzene rings is 8. The van der Waals surface area contributed by atoms with Gasteiger partial charge in [0, 0.05) is 44.2 Å². The van der Waals surface area contributed by atoms with Crippen molar-refractivity contribution in [3.63, 3.8) is 0 Å². The van der Waals surface area contributed by atoms with Gasteiger partial charge in [0.2, 0.25) is 0 Å². The van der Waals surface area contributed by atoms with E-state index in [1.807, 2.05) is 0 Å². The standard InChI is InChI=1S/C54H39BN2/c1-53(2)42-21-11-8-18-34(42)38-28-32(26-27-44(38)53)37-29-41-40-30-45-39(35-19-9-12-22-43(35)54(45,3)4)31-49(40)57(33-16-6-5-7-17-33)55-46-23-13-15-25-48(46)56-47-24-14-10-20-36(47)50(37)52(56)51(41)55/h5-31H,1-4H3. The molecule has 2 aliphatic carbocycles. The Bertz CT molecular complexity index is 3260. The van der Waals surface area contributed by atoms with Gasteiger partial charge in [0.05, 0.1) is 11.0 Å². The highest BCUT2D eigenvalue weighted by Gasteiger charge is 2.46. The zero-order chi connectivity index (χ0) is 37.9. The van der Waals surface area contributed by atoms with Crippen LogP contribution in [0.3, 0.4) is 0 Å². The van der Waals surface area contributed by atoms with Crippen LogP contribution in [0.25, 0.3) is 72.0 Å². The zero-order valence-electron chi connectivity index (χ0n) is 32.6. The summed E-state index contributed by atoms with van der Waals surface area (Å²) in [7, 11) is 0. The molecule has 268 valence electrons. The Kier molecular flexibility index (Phi) is 5.89. The first-order valence-electron chi connectivity index (χ1n) is 20.4. The van der Waals surface area contributed by atoms with Gasteiger partial charge < -0.3 is 9.38 Å². The molecule has 4 aliphatic rings. The second kappa shape index (κ2) is 10.6. The first-order chi connectivity index (χ1) is 27.8. The fourth-order valence-corrected chi connectivity index (χ4v) is 11.6. The van der Waals surface area contributed by atoms with Crippen LogP contribution in [0.5, 0.6) is 0 Å². The average molecular weight is 727 g/mol. The molecule has 0 saturated carbocycles. The number of aromatic nitrogens is 1. The van der Waals surface area contributed by atoms with Crippen LogP contribution < -0.4 is 15.7 Å². The lowest BCUT2D eigenvalue weighted by Crippen LogP contribution is -2.60. The summed E-state index contributed by atoms with van der Waals surface area (Å²) >= 11 is 0. The van der Waals surface area contributed by atoms with Gasteiger partial charge in [0.25, 0.3) is 0 Å². The molecule has 2 aliphatic heterocycles. The van der Waals surface area contributed by atoms with E-state index in [0.717, 1.165) is 0 Å².